The first-order valence-corrected chi connectivity index (χ1v) is 7.68. The molecule has 0 aromatic heterocycles. The number of nitro benzene ring substituents is 2. The van der Waals surface area contributed by atoms with Crippen molar-refractivity contribution in [3.63, 3.8) is 0 Å². The normalized spacial score (nSPS) is 10.4. The van der Waals surface area contributed by atoms with Gasteiger partial charge in [-0.2, -0.15) is 0 Å². The number of nitrogens with zero attached hydrogens (tertiary/aromatic N) is 3. The van der Waals surface area contributed by atoms with Gasteiger partial charge in [0.2, 0.25) is 0 Å². The second-order valence-electron chi connectivity index (χ2n) is 5.53. The van der Waals surface area contributed by atoms with E-state index in [9.17, 15) is 30.4 Å². The van der Waals surface area contributed by atoms with Gasteiger partial charge in [0, 0.05) is 17.8 Å². The van der Waals surface area contributed by atoms with Crippen LogP contribution in [0.15, 0.2) is 66.7 Å². The average molecular weight is 367 g/mol. The third kappa shape index (κ3) is 3.47. The van der Waals surface area contributed by atoms with Gasteiger partial charge in [0.05, 0.1) is 21.2 Å². The summed E-state index contributed by atoms with van der Waals surface area (Å²) in [7, 11) is 0. The van der Waals surface area contributed by atoms with E-state index in [1.165, 1.54) is 36.4 Å². The van der Waals surface area contributed by atoms with Crippen LogP contribution in [0, 0.1) is 20.2 Å². The summed E-state index contributed by atoms with van der Waals surface area (Å²) < 4.78 is 0. The van der Waals surface area contributed by atoms with E-state index in [0.717, 1.165) is 0 Å². The molecule has 3 aromatic carbocycles. The van der Waals surface area contributed by atoms with Gasteiger partial charge in [0.15, 0.2) is 11.5 Å². The fourth-order valence-electron chi connectivity index (χ4n) is 2.62. The maximum atomic E-state index is 11.2. The Bertz CT molecular complexity index is 959. The Morgan fingerprint density at radius 3 is 1.52 bits per heavy atom. The van der Waals surface area contributed by atoms with Gasteiger partial charge < -0.3 is 15.1 Å². The number of nitro groups is 2. The lowest BCUT2D eigenvalue weighted by molar-refractivity contribution is -0.385. The number of phenols is 2. The fraction of sp³-hybridized carbons (Fsp3) is 0. The molecular weight excluding hydrogens is 354 g/mol. The zero-order valence-electron chi connectivity index (χ0n) is 13.7. The molecule has 3 aromatic rings. The molecule has 0 heterocycles. The number of para-hydroxylation sites is 1. The minimum Gasteiger partial charge on any atom is -0.502 e. The van der Waals surface area contributed by atoms with Crippen LogP contribution >= 0.6 is 0 Å². The molecule has 0 aliphatic rings. The van der Waals surface area contributed by atoms with Gasteiger partial charge >= 0.3 is 11.4 Å². The van der Waals surface area contributed by atoms with Crippen molar-refractivity contribution in [2.75, 3.05) is 4.90 Å². The standard InChI is InChI=1S/C18H13N3O6/c22-17-8-6-13(10-15(17)20(24)25)19(12-4-2-1-3-5-12)14-7-9-18(23)16(11-14)21(26)27/h1-11,22-23H. The van der Waals surface area contributed by atoms with E-state index in [1.807, 2.05) is 0 Å². The molecule has 0 atom stereocenters. The highest BCUT2D eigenvalue weighted by Crippen LogP contribution is 2.41. The highest BCUT2D eigenvalue weighted by atomic mass is 16.6. The molecule has 0 radical (unpaired) electrons. The van der Waals surface area contributed by atoms with Crippen LogP contribution in [0.4, 0.5) is 28.4 Å². The van der Waals surface area contributed by atoms with E-state index in [2.05, 4.69) is 0 Å². The molecule has 3 rings (SSSR count). The maximum Gasteiger partial charge on any atom is 0.312 e. The lowest BCUT2D eigenvalue weighted by Gasteiger charge is -2.25. The summed E-state index contributed by atoms with van der Waals surface area (Å²) in [5.74, 6) is -0.984. The Hall–Kier alpha value is -4.14. The molecule has 0 spiro atoms. The second-order valence-corrected chi connectivity index (χ2v) is 5.53. The first kappa shape index (κ1) is 17.7. The van der Waals surface area contributed by atoms with Crippen LogP contribution in [-0.2, 0) is 0 Å². The molecule has 0 aliphatic carbocycles. The number of hydrogen-bond acceptors (Lipinski definition) is 7. The third-order valence-corrected chi connectivity index (χ3v) is 3.84. The van der Waals surface area contributed by atoms with Gasteiger partial charge in [-0.15, -0.1) is 0 Å². The molecule has 0 aliphatic heterocycles. The Kier molecular flexibility index (Phi) is 4.58. The van der Waals surface area contributed by atoms with E-state index in [4.69, 9.17) is 0 Å². The quantitative estimate of drug-likeness (QED) is 0.505. The molecule has 0 unspecified atom stereocenters. The highest BCUT2D eigenvalue weighted by molar-refractivity contribution is 5.80. The molecule has 2 N–H and O–H groups in total. The number of phenolic OH excluding ortho intramolecular Hbond substituents is 2. The smallest absolute Gasteiger partial charge is 0.312 e. The van der Waals surface area contributed by atoms with Crippen molar-refractivity contribution in [3.05, 3.63) is 87.0 Å². The second kappa shape index (κ2) is 7.00. The molecule has 0 saturated heterocycles. The summed E-state index contributed by atoms with van der Waals surface area (Å²) in [4.78, 5) is 22.4. The van der Waals surface area contributed by atoms with Crippen LogP contribution in [0.3, 0.4) is 0 Å². The average Bonchev–Trinajstić information content (AvgIpc) is 2.65. The van der Waals surface area contributed by atoms with Gasteiger partial charge in [-0.25, -0.2) is 0 Å². The first-order chi connectivity index (χ1) is 12.9. The minimum atomic E-state index is -0.721. The van der Waals surface area contributed by atoms with Gasteiger partial charge in [0.25, 0.3) is 0 Å². The van der Waals surface area contributed by atoms with Crippen molar-refractivity contribution >= 4 is 28.4 Å². The van der Waals surface area contributed by atoms with Crippen molar-refractivity contribution in [2.45, 2.75) is 0 Å². The van der Waals surface area contributed by atoms with Crippen molar-refractivity contribution in [1.82, 2.24) is 0 Å². The molecule has 0 saturated carbocycles. The van der Waals surface area contributed by atoms with Gasteiger partial charge in [-0.05, 0) is 36.4 Å². The number of anilines is 3. The van der Waals surface area contributed by atoms with Gasteiger partial charge in [0.1, 0.15) is 0 Å². The largest absolute Gasteiger partial charge is 0.502 e. The Morgan fingerprint density at radius 2 is 1.11 bits per heavy atom. The summed E-state index contributed by atoms with van der Waals surface area (Å²) in [6, 6.07) is 16.3. The summed E-state index contributed by atoms with van der Waals surface area (Å²) in [5.41, 5.74) is 0.206. The van der Waals surface area contributed by atoms with Crippen molar-refractivity contribution in [2.24, 2.45) is 0 Å². The predicted octanol–water partition coefficient (Wildman–Crippen LogP) is 4.38. The van der Waals surface area contributed by atoms with E-state index in [0.29, 0.717) is 17.1 Å². The number of aromatic hydroxyl groups is 2. The Labute approximate surface area is 152 Å². The summed E-state index contributed by atoms with van der Waals surface area (Å²) in [6.07, 6.45) is 0. The molecule has 0 bridgehead atoms. The fourth-order valence-corrected chi connectivity index (χ4v) is 2.62. The molecule has 27 heavy (non-hydrogen) atoms. The van der Waals surface area contributed by atoms with Crippen LogP contribution in [0.5, 0.6) is 11.5 Å². The Morgan fingerprint density at radius 1 is 0.667 bits per heavy atom. The number of rotatable bonds is 5. The summed E-state index contributed by atoms with van der Waals surface area (Å²) >= 11 is 0. The molecule has 0 fully saturated rings. The molecule has 136 valence electrons. The van der Waals surface area contributed by atoms with E-state index >= 15 is 0 Å². The highest BCUT2D eigenvalue weighted by Gasteiger charge is 2.22. The SMILES string of the molecule is O=[N+]([O-])c1cc(N(c2ccccc2)c2ccc(O)c([N+](=O)[O-])c2)ccc1O. The van der Waals surface area contributed by atoms with Crippen LogP contribution in [0.25, 0.3) is 0 Å². The summed E-state index contributed by atoms with van der Waals surface area (Å²) in [5, 5.41) is 41.7. The third-order valence-electron chi connectivity index (χ3n) is 3.84. The minimum absolute atomic E-state index is 0.311. The van der Waals surface area contributed by atoms with Crippen LogP contribution in [0.2, 0.25) is 0 Å². The maximum absolute atomic E-state index is 11.2. The Balaban J connectivity index is 2.23. The summed E-state index contributed by atoms with van der Waals surface area (Å²) in [6.45, 7) is 0. The predicted molar refractivity (Wildman–Crippen MR) is 97.8 cm³/mol. The monoisotopic (exact) mass is 367 g/mol. The van der Waals surface area contributed by atoms with Crippen LogP contribution < -0.4 is 4.90 Å². The molecule has 9 heteroatoms. The molecule has 0 amide bonds. The molecule has 9 nitrogen and oxygen atoms in total. The van der Waals surface area contributed by atoms with E-state index in [-0.39, 0.29) is 0 Å². The lowest BCUT2D eigenvalue weighted by atomic mass is 10.1. The van der Waals surface area contributed by atoms with Crippen molar-refractivity contribution in [3.8, 4) is 11.5 Å². The zero-order chi connectivity index (χ0) is 19.6. The molecular formula is C18H13N3O6. The van der Waals surface area contributed by atoms with Crippen LogP contribution in [-0.4, -0.2) is 20.1 Å². The van der Waals surface area contributed by atoms with Gasteiger partial charge in [-0.1, -0.05) is 18.2 Å². The number of benzene rings is 3. The van der Waals surface area contributed by atoms with Crippen LogP contribution in [0.1, 0.15) is 0 Å². The number of hydrogen-bond donors (Lipinski definition) is 2. The van der Waals surface area contributed by atoms with E-state index < -0.39 is 32.7 Å². The van der Waals surface area contributed by atoms with Gasteiger partial charge in [-0.3, -0.25) is 20.2 Å². The van der Waals surface area contributed by atoms with E-state index in [1.54, 1.807) is 35.2 Å². The van der Waals surface area contributed by atoms with Crippen molar-refractivity contribution < 1.29 is 20.1 Å². The first-order valence-electron chi connectivity index (χ1n) is 7.68. The lowest BCUT2D eigenvalue weighted by Crippen LogP contribution is -2.10. The zero-order valence-corrected chi connectivity index (χ0v) is 13.7. The van der Waals surface area contributed by atoms with Crippen molar-refractivity contribution in [1.29, 1.82) is 0 Å². The topological polar surface area (TPSA) is 130 Å².